The van der Waals surface area contributed by atoms with Crippen molar-refractivity contribution in [2.24, 2.45) is 0 Å². The Balaban J connectivity index is 1.53. The summed E-state index contributed by atoms with van der Waals surface area (Å²) < 4.78 is 11.1. The van der Waals surface area contributed by atoms with Crippen LogP contribution in [0.2, 0.25) is 0 Å². The summed E-state index contributed by atoms with van der Waals surface area (Å²) in [7, 11) is 1.55. The van der Waals surface area contributed by atoms with Gasteiger partial charge >= 0.3 is 6.09 Å². The van der Waals surface area contributed by atoms with Crippen LogP contribution in [0.5, 0.6) is 0 Å². The maximum absolute atomic E-state index is 12.4. The van der Waals surface area contributed by atoms with Crippen molar-refractivity contribution in [2.45, 2.75) is 63.7 Å². The third kappa shape index (κ3) is 6.49. The van der Waals surface area contributed by atoms with Gasteiger partial charge in [-0.25, -0.2) is 19.7 Å². The van der Waals surface area contributed by atoms with Crippen molar-refractivity contribution >= 4 is 29.0 Å². The molecule has 3 heterocycles. The maximum atomic E-state index is 12.4. The fourth-order valence-corrected chi connectivity index (χ4v) is 3.35. The molecule has 3 rings (SSSR count). The third-order valence-electron chi connectivity index (χ3n) is 5.02. The minimum Gasteiger partial charge on any atom is -0.444 e. The number of imidazole rings is 1. The number of H-pyrrole nitrogens is 1. The Morgan fingerprint density at radius 2 is 2.09 bits per heavy atom. The van der Waals surface area contributed by atoms with Crippen molar-refractivity contribution in [3.8, 4) is 0 Å². The minimum atomic E-state index is -0.990. The van der Waals surface area contributed by atoms with Gasteiger partial charge in [-0.15, -0.1) is 0 Å². The van der Waals surface area contributed by atoms with E-state index in [0.29, 0.717) is 17.0 Å². The molecule has 2 amide bonds. The van der Waals surface area contributed by atoms with Crippen LogP contribution in [0, 0.1) is 0 Å². The molecular formula is C20H31N7O6. The summed E-state index contributed by atoms with van der Waals surface area (Å²) in [4.78, 5) is 40.9. The molecule has 33 heavy (non-hydrogen) atoms. The number of hydrogen-bond donors (Lipinski definition) is 5. The molecule has 0 aliphatic carbocycles. The van der Waals surface area contributed by atoms with Gasteiger partial charge in [-0.1, -0.05) is 0 Å². The number of amides is 2. The van der Waals surface area contributed by atoms with Gasteiger partial charge in [0.15, 0.2) is 17.7 Å². The molecule has 1 fully saturated rings. The van der Waals surface area contributed by atoms with E-state index in [9.17, 15) is 19.8 Å². The summed E-state index contributed by atoms with van der Waals surface area (Å²) in [5.41, 5.74) is 0.383. The SMILES string of the molecule is CN(CCC(=O)N[C@@H]1C[C@H](O)[C@@H](Nc2ncnc3nc[nH]c23)O[C@H]1CO)C(=O)OC(C)(C)C. The monoisotopic (exact) mass is 465 g/mol. The second-order valence-electron chi connectivity index (χ2n) is 8.87. The molecule has 0 radical (unpaired) electrons. The Bertz CT molecular complexity index is 962. The predicted octanol–water partition coefficient (Wildman–Crippen LogP) is -0.0252. The molecule has 5 N–H and O–H groups in total. The number of aromatic amines is 1. The van der Waals surface area contributed by atoms with Crippen molar-refractivity contribution in [2.75, 3.05) is 25.5 Å². The molecule has 0 spiro atoms. The average Bonchev–Trinajstić information content (AvgIpc) is 3.22. The molecule has 13 nitrogen and oxygen atoms in total. The first kappa shape index (κ1) is 24.6. The van der Waals surface area contributed by atoms with Crippen LogP contribution in [0.25, 0.3) is 11.2 Å². The number of ether oxygens (including phenoxy) is 2. The lowest BCUT2D eigenvalue weighted by Crippen LogP contribution is -2.57. The first-order valence-corrected chi connectivity index (χ1v) is 10.7. The fourth-order valence-electron chi connectivity index (χ4n) is 3.35. The van der Waals surface area contributed by atoms with Crippen molar-refractivity contribution in [1.82, 2.24) is 30.2 Å². The van der Waals surface area contributed by atoms with Gasteiger partial charge in [-0.3, -0.25) is 4.79 Å². The highest BCUT2D eigenvalue weighted by molar-refractivity contribution is 5.82. The number of anilines is 1. The number of aliphatic hydroxyl groups excluding tert-OH is 2. The molecule has 0 aromatic carbocycles. The third-order valence-corrected chi connectivity index (χ3v) is 5.02. The van der Waals surface area contributed by atoms with Crippen molar-refractivity contribution in [1.29, 1.82) is 0 Å². The van der Waals surface area contributed by atoms with Crippen molar-refractivity contribution < 1.29 is 29.3 Å². The molecular weight excluding hydrogens is 434 g/mol. The molecule has 182 valence electrons. The van der Waals surface area contributed by atoms with E-state index in [1.807, 2.05) is 0 Å². The molecule has 0 bridgehead atoms. The number of nitrogens with one attached hydrogen (secondary N) is 3. The Morgan fingerprint density at radius 1 is 1.33 bits per heavy atom. The first-order chi connectivity index (χ1) is 15.6. The zero-order valence-electron chi connectivity index (χ0n) is 19.1. The number of aromatic nitrogens is 4. The van der Waals surface area contributed by atoms with Crippen LogP contribution >= 0.6 is 0 Å². The largest absolute Gasteiger partial charge is 0.444 e. The van der Waals surface area contributed by atoms with Crippen LogP contribution in [0.1, 0.15) is 33.6 Å². The number of rotatable bonds is 7. The van der Waals surface area contributed by atoms with Gasteiger partial charge in [0, 0.05) is 26.4 Å². The Labute approximate surface area is 190 Å². The van der Waals surface area contributed by atoms with Gasteiger partial charge in [-0.2, -0.15) is 0 Å². The van der Waals surface area contributed by atoms with Gasteiger partial charge in [-0.05, 0) is 20.8 Å². The van der Waals surface area contributed by atoms with Gasteiger partial charge in [0.1, 0.15) is 29.7 Å². The zero-order valence-corrected chi connectivity index (χ0v) is 19.1. The lowest BCUT2D eigenvalue weighted by molar-refractivity contribution is -0.142. The van der Waals surface area contributed by atoms with E-state index in [0.717, 1.165) is 0 Å². The van der Waals surface area contributed by atoms with Crippen LogP contribution < -0.4 is 10.6 Å². The van der Waals surface area contributed by atoms with Gasteiger partial charge < -0.3 is 40.2 Å². The molecule has 2 aromatic rings. The normalized spacial score (nSPS) is 23.2. The summed E-state index contributed by atoms with van der Waals surface area (Å²) in [6.07, 6.45) is -0.144. The second kappa shape index (κ2) is 10.3. The molecule has 13 heteroatoms. The predicted molar refractivity (Wildman–Crippen MR) is 117 cm³/mol. The summed E-state index contributed by atoms with van der Waals surface area (Å²) in [5.74, 6) is 0.0527. The lowest BCUT2D eigenvalue weighted by atomic mass is 9.98. The molecule has 4 atom stereocenters. The summed E-state index contributed by atoms with van der Waals surface area (Å²) in [6, 6.07) is -0.611. The average molecular weight is 466 g/mol. The lowest BCUT2D eigenvalue weighted by Gasteiger charge is -2.39. The molecule has 0 unspecified atom stereocenters. The standard InChI is InChI=1S/C20H31N7O6/c1-20(2,3)33-19(31)27(4)6-5-14(30)25-11-7-12(29)18(32-13(11)8-28)26-17-15-16(22-9-21-15)23-10-24-17/h9-13,18,28-29H,5-8H2,1-4H3,(H,25,30)(H2,21,22,23,24,26)/t11-,12+,13+,18+/m1/s1. The Hall–Kier alpha value is -3.03. The van der Waals surface area contributed by atoms with Crippen molar-refractivity contribution in [3.63, 3.8) is 0 Å². The second-order valence-corrected chi connectivity index (χ2v) is 8.87. The molecule has 1 aliphatic heterocycles. The summed E-state index contributed by atoms with van der Waals surface area (Å²) in [6.45, 7) is 5.08. The van der Waals surface area contributed by atoms with Gasteiger partial charge in [0.05, 0.1) is 19.0 Å². The topological polar surface area (TPSA) is 175 Å². The quantitative estimate of drug-likeness (QED) is 0.373. The van der Waals surface area contributed by atoms with E-state index >= 15 is 0 Å². The van der Waals surface area contributed by atoms with E-state index in [-0.39, 0.29) is 31.9 Å². The summed E-state index contributed by atoms with van der Waals surface area (Å²) >= 11 is 0. The van der Waals surface area contributed by atoms with Gasteiger partial charge in [0.25, 0.3) is 0 Å². The number of carbonyl (C=O) groups excluding carboxylic acids is 2. The number of hydrogen-bond acceptors (Lipinski definition) is 10. The number of carbonyl (C=O) groups is 2. The van der Waals surface area contributed by atoms with Crippen LogP contribution in [0.4, 0.5) is 10.6 Å². The first-order valence-electron chi connectivity index (χ1n) is 10.7. The molecule has 2 aromatic heterocycles. The fraction of sp³-hybridized carbons (Fsp3) is 0.650. The number of fused-ring (bicyclic) bond motifs is 1. The maximum Gasteiger partial charge on any atom is 0.410 e. The zero-order chi connectivity index (χ0) is 24.2. The Kier molecular flexibility index (Phi) is 7.66. The molecule has 1 aliphatic rings. The number of aliphatic hydroxyl groups is 2. The van der Waals surface area contributed by atoms with E-state index in [1.54, 1.807) is 27.8 Å². The van der Waals surface area contributed by atoms with E-state index < -0.39 is 36.2 Å². The smallest absolute Gasteiger partial charge is 0.410 e. The molecule has 0 saturated carbocycles. The van der Waals surface area contributed by atoms with Gasteiger partial charge in [0.2, 0.25) is 5.91 Å². The number of nitrogens with zero attached hydrogens (tertiary/aromatic N) is 4. The van der Waals surface area contributed by atoms with Crippen LogP contribution in [-0.4, -0.2) is 97.3 Å². The highest BCUT2D eigenvalue weighted by Crippen LogP contribution is 2.24. The minimum absolute atomic E-state index is 0.0287. The van der Waals surface area contributed by atoms with Crippen LogP contribution in [0.15, 0.2) is 12.7 Å². The van der Waals surface area contributed by atoms with E-state index in [4.69, 9.17) is 9.47 Å². The van der Waals surface area contributed by atoms with E-state index in [2.05, 4.69) is 30.6 Å². The van der Waals surface area contributed by atoms with Crippen LogP contribution in [-0.2, 0) is 14.3 Å². The van der Waals surface area contributed by atoms with Crippen LogP contribution in [0.3, 0.4) is 0 Å². The highest BCUT2D eigenvalue weighted by atomic mass is 16.6. The molecule has 1 saturated heterocycles. The highest BCUT2D eigenvalue weighted by Gasteiger charge is 2.38. The summed E-state index contributed by atoms with van der Waals surface area (Å²) in [5, 5.41) is 26.1. The van der Waals surface area contributed by atoms with Crippen molar-refractivity contribution in [3.05, 3.63) is 12.7 Å². The Morgan fingerprint density at radius 3 is 2.79 bits per heavy atom. The van der Waals surface area contributed by atoms with E-state index in [1.165, 1.54) is 17.6 Å².